The quantitative estimate of drug-likeness (QED) is 0.719. The lowest BCUT2D eigenvalue weighted by molar-refractivity contribution is -0.122. The maximum atomic E-state index is 12.9. The second-order valence-corrected chi connectivity index (χ2v) is 7.89. The predicted octanol–water partition coefficient (Wildman–Crippen LogP) is 3.00. The largest absolute Gasteiger partial charge is 0.397 e. The van der Waals surface area contributed by atoms with Gasteiger partial charge in [-0.05, 0) is 38.0 Å². The molecule has 3 rings (SSSR count). The van der Waals surface area contributed by atoms with Crippen molar-refractivity contribution in [1.29, 1.82) is 0 Å². The summed E-state index contributed by atoms with van der Waals surface area (Å²) in [7, 11) is 1.90. The zero-order chi connectivity index (χ0) is 20.5. The fourth-order valence-electron chi connectivity index (χ4n) is 3.61. The third-order valence-corrected chi connectivity index (χ3v) is 5.42. The number of amides is 2. The molecule has 1 aliphatic rings. The molecule has 28 heavy (non-hydrogen) atoms. The third-order valence-electron chi connectivity index (χ3n) is 5.42. The van der Waals surface area contributed by atoms with Crippen molar-refractivity contribution in [3.05, 3.63) is 35.9 Å². The van der Waals surface area contributed by atoms with Crippen LogP contribution in [0.25, 0.3) is 0 Å². The van der Waals surface area contributed by atoms with E-state index in [9.17, 15) is 9.59 Å². The minimum absolute atomic E-state index is 0.0774. The van der Waals surface area contributed by atoms with E-state index in [2.05, 4.69) is 17.2 Å². The van der Waals surface area contributed by atoms with Crippen LogP contribution >= 0.6 is 0 Å². The first kappa shape index (κ1) is 19.9. The van der Waals surface area contributed by atoms with Crippen molar-refractivity contribution in [3.63, 3.8) is 0 Å². The van der Waals surface area contributed by atoms with Gasteiger partial charge in [0, 0.05) is 38.8 Å². The normalized spacial score (nSPS) is 15.0. The molecule has 0 bridgehead atoms. The van der Waals surface area contributed by atoms with Crippen LogP contribution in [0.2, 0.25) is 0 Å². The number of carbonyl (C=O) groups excluding carboxylic acids is 2. The van der Waals surface area contributed by atoms with Gasteiger partial charge in [0.2, 0.25) is 11.8 Å². The molecular formula is C21H29N5O2. The Bertz CT molecular complexity index is 900. The highest BCUT2D eigenvalue weighted by Crippen LogP contribution is 2.44. The zero-order valence-corrected chi connectivity index (χ0v) is 17.1. The number of hydrogen-bond acceptors (Lipinski definition) is 4. The Labute approximate surface area is 165 Å². The van der Waals surface area contributed by atoms with E-state index in [1.54, 1.807) is 6.20 Å². The Hall–Kier alpha value is -2.83. The van der Waals surface area contributed by atoms with Gasteiger partial charge in [-0.1, -0.05) is 13.3 Å². The third kappa shape index (κ3) is 3.61. The lowest BCUT2D eigenvalue weighted by Gasteiger charge is -2.20. The van der Waals surface area contributed by atoms with Crippen molar-refractivity contribution < 1.29 is 9.59 Å². The summed E-state index contributed by atoms with van der Waals surface area (Å²) in [6.45, 7) is 6.62. The number of unbranched alkanes of at least 4 members (excludes halogenated alkanes) is 1. The summed E-state index contributed by atoms with van der Waals surface area (Å²) < 4.78 is 1.90. The topological polar surface area (TPSA) is 93.2 Å². The van der Waals surface area contributed by atoms with Gasteiger partial charge in [-0.25, -0.2) is 4.98 Å². The predicted molar refractivity (Wildman–Crippen MR) is 111 cm³/mol. The van der Waals surface area contributed by atoms with Crippen molar-refractivity contribution in [3.8, 4) is 0 Å². The second kappa shape index (κ2) is 7.66. The van der Waals surface area contributed by atoms with E-state index in [1.165, 1.54) is 0 Å². The highest BCUT2D eigenvalue weighted by molar-refractivity contribution is 6.09. The molecule has 2 aromatic rings. The average Bonchev–Trinajstić information content (AvgIpc) is 3.13. The van der Waals surface area contributed by atoms with Crippen LogP contribution in [-0.4, -0.2) is 27.9 Å². The first-order valence-corrected chi connectivity index (χ1v) is 9.77. The number of benzene rings is 1. The number of nitrogen functional groups attached to an aromatic ring is 1. The second-order valence-electron chi connectivity index (χ2n) is 7.89. The maximum absolute atomic E-state index is 12.9. The van der Waals surface area contributed by atoms with Crippen LogP contribution in [0.1, 0.15) is 51.4 Å². The summed E-state index contributed by atoms with van der Waals surface area (Å²) in [6.07, 6.45) is 6.39. The highest BCUT2D eigenvalue weighted by Gasteiger charge is 2.44. The molecule has 0 unspecified atom stereocenters. The molecule has 2 heterocycles. The van der Waals surface area contributed by atoms with Crippen molar-refractivity contribution >= 4 is 28.9 Å². The smallest absolute Gasteiger partial charge is 0.237 e. The molecule has 0 atom stereocenters. The fraction of sp³-hybridized carbons (Fsp3) is 0.476. The highest BCUT2D eigenvalue weighted by atomic mass is 16.2. The van der Waals surface area contributed by atoms with Gasteiger partial charge in [-0.15, -0.1) is 0 Å². The average molecular weight is 383 g/mol. The Balaban J connectivity index is 1.79. The Morgan fingerprint density at radius 1 is 1.32 bits per heavy atom. The molecule has 1 aliphatic heterocycles. The number of rotatable bonds is 7. The Morgan fingerprint density at radius 2 is 2.07 bits per heavy atom. The minimum Gasteiger partial charge on any atom is -0.397 e. The van der Waals surface area contributed by atoms with E-state index in [4.69, 9.17) is 5.73 Å². The molecule has 0 saturated heterocycles. The number of fused-ring (bicyclic) bond motifs is 1. The number of nitrogens with one attached hydrogen (secondary N) is 1. The van der Waals surface area contributed by atoms with Gasteiger partial charge in [0.25, 0.3) is 0 Å². The van der Waals surface area contributed by atoms with Gasteiger partial charge in [-0.2, -0.15) is 0 Å². The summed E-state index contributed by atoms with van der Waals surface area (Å²) in [5.74, 6) is 0.809. The van der Waals surface area contributed by atoms with Crippen molar-refractivity contribution in [2.45, 2.75) is 51.9 Å². The summed E-state index contributed by atoms with van der Waals surface area (Å²) in [5, 5.41) is 2.90. The SMILES string of the molecule is CCCCN1C(=O)C(C)(C)c2cc(NC(=O)CCc3nccn3C)c(N)cc21. The fourth-order valence-corrected chi connectivity index (χ4v) is 3.61. The lowest BCUT2D eigenvalue weighted by Crippen LogP contribution is -2.36. The van der Waals surface area contributed by atoms with Gasteiger partial charge in [0.05, 0.1) is 22.5 Å². The van der Waals surface area contributed by atoms with Crippen LogP contribution in [-0.2, 0) is 28.5 Å². The van der Waals surface area contributed by atoms with Gasteiger partial charge >= 0.3 is 0 Å². The van der Waals surface area contributed by atoms with E-state index in [-0.39, 0.29) is 11.8 Å². The van der Waals surface area contributed by atoms with Crippen LogP contribution in [0.3, 0.4) is 0 Å². The molecule has 1 aromatic carbocycles. The summed E-state index contributed by atoms with van der Waals surface area (Å²) in [6, 6.07) is 3.67. The van der Waals surface area contributed by atoms with Gasteiger partial charge in [0.15, 0.2) is 0 Å². The van der Waals surface area contributed by atoms with E-state index in [0.29, 0.717) is 30.8 Å². The lowest BCUT2D eigenvalue weighted by atomic mass is 9.86. The molecule has 2 amide bonds. The number of aryl methyl sites for hydroxylation is 2. The molecule has 0 fully saturated rings. The minimum atomic E-state index is -0.636. The molecule has 7 nitrogen and oxygen atoms in total. The number of aromatic nitrogens is 2. The van der Waals surface area contributed by atoms with Gasteiger partial charge in [-0.3, -0.25) is 9.59 Å². The van der Waals surface area contributed by atoms with Gasteiger partial charge < -0.3 is 20.5 Å². The monoisotopic (exact) mass is 383 g/mol. The summed E-state index contributed by atoms with van der Waals surface area (Å²) in [5.41, 5.74) is 8.36. The maximum Gasteiger partial charge on any atom is 0.237 e. The molecule has 0 saturated carbocycles. The van der Waals surface area contributed by atoms with Crippen LogP contribution in [0.5, 0.6) is 0 Å². The molecule has 0 aliphatic carbocycles. The molecule has 3 N–H and O–H groups in total. The standard InChI is InChI=1S/C21H29N5O2/c1-5-6-10-26-17-13-15(22)16(12-14(17)21(2,3)20(26)28)24-19(27)8-7-18-23-9-11-25(18)4/h9,11-13H,5-8,10,22H2,1-4H3,(H,24,27). The number of carbonyl (C=O) groups is 2. The van der Waals surface area contributed by atoms with E-state index in [0.717, 1.165) is 29.9 Å². The summed E-state index contributed by atoms with van der Waals surface area (Å²) >= 11 is 0. The van der Waals surface area contributed by atoms with Crippen LogP contribution in [0.15, 0.2) is 24.5 Å². The van der Waals surface area contributed by atoms with Crippen LogP contribution < -0.4 is 16.0 Å². The summed E-state index contributed by atoms with van der Waals surface area (Å²) in [4.78, 5) is 31.4. The number of nitrogens with zero attached hydrogens (tertiary/aromatic N) is 3. The molecule has 0 radical (unpaired) electrons. The zero-order valence-electron chi connectivity index (χ0n) is 17.1. The van der Waals surface area contributed by atoms with E-state index >= 15 is 0 Å². The molecule has 7 heteroatoms. The molecule has 150 valence electrons. The van der Waals surface area contributed by atoms with Crippen molar-refractivity contribution in [2.75, 3.05) is 22.5 Å². The molecular weight excluding hydrogens is 354 g/mol. The van der Waals surface area contributed by atoms with Crippen molar-refractivity contribution in [1.82, 2.24) is 9.55 Å². The Kier molecular flexibility index (Phi) is 5.45. The first-order valence-electron chi connectivity index (χ1n) is 9.77. The van der Waals surface area contributed by atoms with E-state index in [1.807, 2.05) is 48.7 Å². The number of anilines is 3. The van der Waals surface area contributed by atoms with Crippen LogP contribution in [0.4, 0.5) is 17.1 Å². The number of nitrogens with two attached hydrogens (primary N) is 1. The Morgan fingerprint density at radius 3 is 2.71 bits per heavy atom. The number of hydrogen-bond donors (Lipinski definition) is 2. The first-order chi connectivity index (χ1) is 13.3. The molecule has 0 spiro atoms. The molecule has 1 aromatic heterocycles. The van der Waals surface area contributed by atoms with Crippen LogP contribution in [0, 0.1) is 0 Å². The number of imidazole rings is 1. The van der Waals surface area contributed by atoms with Crippen molar-refractivity contribution in [2.24, 2.45) is 7.05 Å². The van der Waals surface area contributed by atoms with E-state index < -0.39 is 5.41 Å². The van der Waals surface area contributed by atoms with Gasteiger partial charge in [0.1, 0.15) is 5.82 Å².